The summed E-state index contributed by atoms with van der Waals surface area (Å²) in [7, 11) is 0. The normalized spacial score (nSPS) is 10.3. The third kappa shape index (κ3) is 6.92. The molecule has 0 saturated heterocycles. The van der Waals surface area contributed by atoms with Gasteiger partial charge in [-0.2, -0.15) is 4.98 Å². The predicted octanol–water partition coefficient (Wildman–Crippen LogP) is 6.06. The molecule has 0 saturated carbocycles. The lowest BCUT2D eigenvalue weighted by atomic mass is 10.2. The van der Waals surface area contributed by atoms with E-state index in [4.69, 9.17) is 25.3 Å². The minimum atomic E-state index is -0.502. The molecule has 0 aliphatic heterocycles. The van der Waals surface area contributed by atoms with Crippen molar-refractivity contribution in [2.45, 2.75) is 12.8 Å². The van der Waals surface area contributed by atoms with Crippen molar-refractivity contribution in [3.8, 4) is 34.3 Å². The molecule has 0 radical (unpaired) electrons. The number of unbranched alkanes of at least 4 members (excludes halogenated alkanes) is 1. The van der Waals surface area contributed by atoms with E-state index in [1.807, 2.05) is 0 Å². The number of carbonyl (C=O) groups is 2. The van der Waals surface area contributed by atoms with E-state index in [1.54, 1.807) is 72.8 Å². The van der Waals surface area contributed by atoms with Crippen LogP contribution in [0.1, 0.15) is 23.2 Å². The Bertz CT molecular complexity index is 1440. The summed E-state index contributed by atoms with van der Waals surface area (Å²) >= 11 is 0. The van der Waals surface area contributed by atoms with Gasteiger partial charge in [-0.3, -0.25) is 0 Å². The zero-order valence-electron chi connectivity index (χ0n) is 20.3. The van der Waals surface area contributed by atoms with Crippen molar-refractivity contribution < 1.29 is 28.3 Å². The molecule has 3 aromatic carbocycles. The lowest BCUT2D eigenvalue weighted by molar-refractivity contribution is -0.137. The fraction of sp³-hybridized carbons (Fsp3) is 0.138. The molecule has 4 aromatic rings. The fourth-order valence-electron chi connectivity index (χ4n) is 3.29. The molecule has 0 spiro atoms. The smallest absolute Gasteiger partial charge is 0.343 e. The van der Waals surface area contributed by atoms with Gasteiger partial charge in [0.1, 0.15) is 11.5 Å². The topological polar surface area (TPSA) is 105 Å². The summed E-state index contributed by atoms with van der Waals surface area (Å²) in [4.78, 5) is 31.3. The Balaban J connectivity index is 1.27. The van der Waals surface area contributed by atoms with Crippen LogP contribution in [0.4, 0.5) is 5.69 Å². The van der Waals surface area contributed by atoms with Crippen LogP contribution in [0.25, 0.3) is 27.7 Å². The number of benzene rings is 3. The van der Waals surface area contributed by atoms with Gasteiger partial charge in [-0.1, -0.05) is 36.0 Å². The summed E-state index contributed by atoms with van der Waals surface area (Å²) in [6.07, 6.45) is 2.52. The van der Waals surface area contributed by atoms with Crippen molar-refractivity contribution in [3.63, 3.8) is 0 Å². The van der Waals surface area contributed by atoms with E-state index < -0.39 is 11.9 Å². The van der Waals surface area contributed by atoms with Crippen LogP contribution in [-0.2, 0) is 9.53 Å². The van der Waals surface area contributed by atoms with Crippen LogP contribution in [0.3, 0.4) is 0 Å². The first kappa shape index (κ1) is 25.9. The molecule has 0 aliphatic carbocycles. The second-order valence-electron chi connectivity index (χ2n) is 7.95. The number of carbonyl (C=O) groups excluding carboxylic acids is 2. The molecular formula is C29H23N3O6. The van der Waals surface area contributed by atoms with E-state index in [1.165, 1.54) is 0 Å². The maximum absolute atomic E-state index is 12.5. The lowest BCUT2D eigenvalue weighted by Crippen LogP contribution is -2.08. The van der Waals surface area contributed by atoms with Crippen LogP contribution in [0, 0.1) is 6.57 Å². The van der Waals surface area contributed by atoms with E-state index in [0.717, 1.165) is 6.08 Å². The number of hydrogen-bond acceptors (Lipinski definition) is 8. The SMILES string of the molecule is [C-]#[N+]c1ccc(-c2nc(-c3ccc(OC(=O)c4ccc(OCCCCOC(=O)C=C)cc4)cc3)no2)cc1. The number of rotatable bonds is 11. The van der Waals surface area contributed by atoms with Crippen LogP contribution in [-0.4, -0.2) is 35.3 Å². The predicted molar refractivity (Wildman–Crippen MR) is 139 cm³/mol. The molecular weight excluding hydrogens is 486 g/mol. The summed E-state index contributed by atoms with van der Waals surface area (Å²) in [5, 5.41) is 4.01. The summed E-state index contributed by atoms with van der Waals surface area (Å²) in [5.74, 6) is 0.782. The largest absolute Gasteiger partial charge is 0.494 e. The molecule has 1 heterocycles. The summed E-state index contributed by atoms with van der Waals surface area (Å²) in [5.41, 5.74) is 2.31. The third-order valence-corrected chi connectivity index (χ3v) is 5.30. The number of nitrogens with zero attached hydrogens (tertiary/aromatic N) is 3. The Morgan fingerprint density at radius 1 is 0.895 bits per heavy atom. The van der Waals surface area contributed by atoms with E-state index in [9.17, 15) is 9.59 Å². The van der Waals surface area contributed by atoms with Crippen LogP contribution in [0.2, 0.25) is 0 Å². The molecule has 9 nitrogen and oxygen atoms in total. The number of ether oxygens (including phenoxy) is 3. The van der Waals surface area contributed by atoms with Crippen molar-refractivity contribution in [2.24, 2.45) is 0 Å². The first-order chi connectivity index (χ1) is 18.6. The number of esters is 2. The van der Waals surface area contributed by atoms with Crippen molar-refractivity contribution in [3.05, 3.63) is 102 Å². The van der Waals surface area contributed by atoms with E-state index in [0.29, 0.717) is 71.6 Å². The van der Waals surface area contributed by atoms with Crippen molar-refractivity contribution >= 4 is 17.6 Å². The molecule has 0 fully saturated rings. The molecule has 1 aromatic heterocycles. The molecule has 0 amide bonds. The van der Waals surface area contributed by atoms with Gasteiger partial charge in [-0.25, -0.2) is 14.4 Å². The van der Waals surface area contributed by atoms with Gasteiger partial charge in [-0.15, -0.1) is 0 Å². The van der Waals surface area contributed by atoms with Crippen LogP contribution in [0.15, 0.2) is 90.0 Å². The van der Waals surface area contributed by atoms with Crippen molar-refractivity contribution in [1.29, 1.82) is 0 Å². The van der Waals surface area contributed by atoms with Gasteiger partial charge >= 0.3 is 11.9 Å². The van der Waals surface area contributed by atoms with Gasteiger partial charge in [-0.05, 0) is 61.4 Å². The van der Waals surface area contributed by atoms with Crippen LogP contribution in [0.5, 0.6) is 11.5 Å². The molecule has 38 heavy (non-hydrogen) atoms. The molecule has 190 valence electrons. The molecule has 0 atom stereocenters. The molecule has 9 heteroatoms. The van der Waals surface area contributed by atoms with Crippen molar-refractivity contribution in [2.75, 3.05) is 13.2 Å². The second kappa shape index (κ2) is 12.6. The van der Waals surface area contributed by atoms with Gasteiger partial charge in [0.15, 0.2) is 5.69 Å². The average Bonchev–Trinajstić information content (AvgIpc) is 3.46. The highest BCUT2D eigenvalue weighted by atomic mass is 16.5. The van der Waals surface area contributed by atoms with Gasteiger partial charge in [0, 0.05) is 17.2 Å². The Kier molecular flexibility index (Phi) is 8.60. The fourth-order valence-corrected chi connectivity index (χ4v) is 3.29. The van der Waals surface area contributed by atoms with E-state index in [-0.39, 0.29) is 0 Å². The van der Waals surface area contributed by atoms with Gasteiger partial charge in [0.2, 0.25) is 5.82 Å². The standard InChI is InChI=1S/C29H23N3O6/c1-3-26(33)36-19-5-4-18-35-24-14-10-22(11-15-24)29(34)37-25-16-8-20(9-17-25)27-31-28(38-32-27)21-6-12-23(30-2)13-7-21/h3,6-17H,1,4-5,18-19H2. The van der Waals surface area contributed by atoms with Gasteiger partial charge < -0.3 is 18.7 Å². The van der Waals surface area contributed by atoms with Crippen molar-refractivity contribution in [1.82, 2.24) is 10.1 Å². The zero-order chi connectivity index (χ0) is 26.7. The highest BCUT2D eigenvalue weighted by Crippen LogP contribution is 2.26. The first-order valence-electron chi connectivity index (χ1n) is 11.7. The van der Waals surface area contributed by atoms with Crippen LogP contribution >= 0.6 is 0 Å². The monoisotopic (exact) mass is 509 g/mol. The lowest BCUT2D eigenvalue weighted by Gasteiger charge is -2.08. The third-order valence-electron chi connectivity index (χ3n) is 5.30. The van der Waals surface area contributed by atoms with E-state index in [2.05, 4.69) is 21.6 Å². The summed E-state index contributed by atoms with van der Waals surface area (Å²) in [6.45, 7) is 11.1. The maximum atomic E-state index is 12.5. The minimum absolute atomic E-state index is 0.315. The molecule has 0 unspecified atom stereocenters. The summed E-state index contributed by atoms with van der Waals surface area (Å²) in [6, 6.07) is 20.3. The Morgan fingerprint density at radius 3 is 2.24 bits per heavy atom. The first-order valence-corrected chi connectivity index (χ1v) is 11.7. The molecule has 0 bridgehead atoms. The van der Waals surface area contributed by atoms with Gasteiger partial charge in [0.05, 0.1) is 25.3 Å². The second-order valence-corrected chi connectivity index (χ2v) is 7.95. The number of hydrogen-bond donors (Lipinski definition) is 0. The quantitative estimate of drug-likeness (QED) is 0.0790. The summed E-state index contributed by atoms with van der Waals surface area (Å²) < 4.78 is 21.4. The Labute approximate surface area is 219 Å². The number of aromatic nitrogens is 2. The Hall–Kier alpha value is -5.23. The maximum Gasteiger partial charge on any atom is 0.343 e. The molecule has 0 aliphatic rings. The molecule has 0 N–H and O–H groups in total. The minimum Gasteiger partial charge on any atom is -0.494 e. The highest BCUT2D eigenvalue weighted by Gasteiger charge is 2.13. The van der Waals surface area contributed by atoms with E-state index >= 15 is 0 Å². The molecule has 4 rings (SSSR count). The van der Waals surface area contributed by atoms with Crippen LogP contribution < -0.4 is 9.47 Å². The Morgan fingerprint density at radius 2 is 1.55 bits per heavy atom. The zero-order valence-corrected chi connectivity index (χ0v) is 20.3. The highest BCUT2D eigenvalue weighted by molar-refractivity contribution is 5.91. The average molecular weight is 510 g/mol. The van der Waals surface area contributed by atoms with Gasteiger partial charge in [0.25, 0.3) is 5.89 Å².